The van der Waals surface area contributed by atoms with E-state index >= 15 is 0 Å². The van der Waals surface area contributed by atoms with Gasteiger partial charge in [-0.2, -0.15) is 0 Å². The van der Waals surface area contributed by atoms with Crippen LogP contribution in [0, 0.1) is 0 Å². The lowest BCUT2D eigenvalue weighted by atomic mass is 10.1. The highest BCUT2D eigenvalue weighted by Gasteiger charge is 2.16. The molecule has 4 nitrogen and oxygen atoms in total. The first-order chi connectivity index (χ1) is 9.67. The molecule has 0 saturated carbocycles. The van der Waals surface area contributed by atoms with Gasteiger partial charge in [0.05, 0.1) is 0 Å². The molecule has 4 heteroatoms. The highest BCUT2D eigenvalue weighted by molar-refractivity contribution is 5.99. The number of aromatic nitrogens is 1. The third-order valence-corrected chi connectivity index (χ3v) is 3.44. The van der Waals surface area contributed by atoms with Crippen molar-refractivity contribution in [1.82, 2.24) is 9.88 Å². The smallest absolute Gasteiger partial charge is 0.272 e. The Bertz CT molecular complexity index is 610. The number of amides is 1. The van der Waals surface area contributed by atoms with Gasteiger partial charge >= 0.3 is 0 Å². The van der Waals surface area contributed by atoms with Gasteiger partial charge < -0.3 is 10.6 Å². The molecule has 0 unspecified atom stereocenters. The number of unbranched alkanes of at least 4 members (excludes halogenated alkanes) is 1. The lowest BCUT2D eigenvalue weighted by molar-refractivity contribution is 0.0757. The fourth-order valence-corrected chi connectivity index (χ4v) is 2.25. The molecule has 0 spiro atoms. The molecule has 1 aromatic carbocycles. The van der Waals surface area contributed by atoms with Crippen LogP contribution in [0.4, 0.5) is 5.82 Å². The fourth-order valence-electron chi connectivity index (χ4n) is 2.25. The van der Waals surface area contributed by atoms with Crippen molar-refractivity contribution in [3.63, 3.8) is 0 Å². The first-order valence-corrected chi connectivity index (χ1v) is 7.11. The van der Waals surface area contributed by atoms with Crippen LogP contribution in [0.2, 0.25) is 0 Å². The van der Waals surface area contributed by atoms with E-state index in [0.717, 1.165) is 30.2 Å². The van der Waals surface area contributed by atoms with Gasteiger partial charge in [-0.05, 0) is 24.8 Å². The van der Waals surface area contributed by atoms with Crippen LogP contribution in [0.15, 0.2) is 30.3 Å². The molecule has 1 amide bonds. The normalized spacial score (nSPS) is 10.7. The van der Waals surface area contributed by atoms with E-state index in [-0.39, 0.29) is 5.91 Å². The number of nitrogens with zero attached hydrogens (tertiary/aromatic N) is 2. The molecule has 0 bridgehead atoms. The molecule has 0 radical (unpaired) electrons. The lowest BCUT2D eigenvalue weighted by Gasteiger charge is -2.20. The van der Waals surface area contributed by atoms with Gasteiger partial charge in [-0.25, -0.2) is 4.98 Å². The summed E-state index contributed by atoms with van der Waals surface area (Å²) >= 11 is 0. The third kappa shape index (κ3) is 2.90. The van der Waals surface area contributed by atoms with E-state index in [9.17, 15) is 4.79 Å². The lowest BCUT2D eigenvalue weighted by Crippen LogP contribution is -2.32. The number of rotatable bonds is 5. The summed E-state index contributed by atoms with van der Waals surface area (Å²) in [5.74, 6) is 0.372. The second-order valence-corrected chi connectivity index (χ2v) is 4.85. The molecule has 20 heavy (non-hydrogen) atoms. The zero-order valence-electron chi connectivity index (χ0n) is 12.1. The molecule has 2 rings (SSSR count). The summed E-state index contributed by atoms with van der Waals surface area (Å²) in [5, 5.41) is 1.84. The van der Waals surface area contributed by atoms with Gasteiger partial charge in [-0.1, -0.05) is 37.6 Å². The minimum atomic E-state index is -0.0431. The highest BCUT2D eigenvalue weighted by atomic mass is 16.2. The standard InChI is InChI=1S/C16H21N3O/c1-3-5-10-19(4-2)16(20)14-11-12-8-6-7-9-13(12)15(17)18-14/h6-9,11H,3-5,10H2,1-2H3,(H2,17,18). The highest BCUT2D eigenvalue weighted by Crippen LogP contribution is 2.20. The number of carbonyl (C=O) groups is 1. The second-order valence-electron chi connectivity index (χ2n) is 4.85. The Morgan fingerprint density at radius 1 is 1.30 bits per heavy atom. The van der Waals surface area contributed by atoms with Crippen LogP contribution in [0.25, 0.3) is 10.8 Å². The summed E-state index contributed by atoms with van der Waals surface area (Å²) < 4.78 is 0. The SMILES string of the molecule is CCCCN(CC)C(=O)c1cc2ccccc2c(N)n1. The van der Waals surface area contributed by atoms with Gasteiger partial charge in [0.2, 0.25) is 0 Å². The molecule has 0 saturated heterocycles. The average molecular weight is 271 g/mol. The monoisotopic (exact) mass is 271 g/mol. The van der Waals surface area contributed by atoms with Crippen LogP contribution in [-0.4, -0.2) is 28.9 Å². The van der Waals surface area contributed by atoms with Crippen molar-refractivity contribution in [1.29, 1.82) is 0 Å². The summed E-state index contributed by atoms with van der Waals surface area (Å²) in [5.41, 5.74) is 6.38. The number of fused-ring (bicyclic) bond motifs is 1. The van der Waals surface area contributed by atoms with Crippen LogP contribution < -0.4 is 5.73 Å². The van der Waals surface area contributed by atoms with Gasteiger partial charge in [-0.15, -0.1) is 0 Å². The van der Waals surface area contributed by atoms with E-state index in [1.54, 1.807) is 0 Å². The van der Waals surface area contributed by atoms with E-state index in [0.29, 0.717) is 18.1 Å². The topological polar surface area (TPSA) is 59.2 Å². The van der Waals surface area contributed by atoms with E-state index < -0.39 is 0 Å². The Morgan fingerprint density at radius 3 is 2.75 bits per heavy atom. The number of benzene rings is 1. The molecule has 1 heterocycles. The van der Waals surface area contributed by atoms with Crippen molar-refractivity contribution in [2.45, 2.75) is 26.7 Å². The predicted molar refractivity (Wildman–Crippen MR) is 82.6 cm³/mol. The Balaban J connectivity index is 2.34. The first kappa shape index (κ1) is 14.3. The quantitative estimate of drug-likeness (QED) is 0.909. The molecule has 0 aliphatic rings. The Labute approximate surface area is 119 Å². The van der Waals surface area contributed by atoms with Crippen LogP contribution in [0.1, 0.15) is 37.2 Å². The van der Waals surface area contributed by atoms with Crippen molar-refractivity contribution in [3.05, 3.63) is 36.0 Å². The van der Waals surface area contributed by atoms with Crippen LogP contribution in [0.5, 0.6) is 0 Å². The van der Waals surface area contributed by atoms with Crippen molar-refractivity contribution in [3.8, 4) is 0 Å². The van der Waals surface area contributed by atoms with Crippen molar-refractivity contribution < 1.29 is 4.79 Å². The molecule has 0 atom stereocenters. The Morgan fingerprint density at radius 2 is 2.05 bits per heavy atom. The van der Waals surface area contributed by atoms with Gasteiger partial charge in [0.1, 0.15) is 11.5 Å². The molecule has 0 fully saturated rings. The summed E-state index contributed by atoms with van der Waals surface area (Å²) in [6.07, 6.45) is 2.07. The predicted octanol–water partition coefficient (Wildman–Crippen LogP) is 3.08. The van der Waals surface area contributed by atoms with Crippen molar-refractivity contribution in [2.75, 3.05) is 18.8 Å². The maximum atomic E-state index is 12.5. The maximum absolute atomic E-state index is 12.5. The third-order valence-electron chi connectivity index (χ3n) is 3.44. The average Bonchev–Trinajstić information content (AvgIpc) is 2.47. The minimum Gasteiger partial charge on any atom is -0.383 e. The molecular weight excluding hydrogens is 250 g/mol. The molecule has 0 aliphatic carbocycles. The molecule has 2 aromatic rings. The number of nitrogen functional groups attached to an aromatic ring is 1. The van der Waals surface area contributed by atoms with E-state index in [4.69, 9.17) is 5.73 Å². The maximum Gasteiger partial charge on any atom is 0.272 e. The molecule has 1 aromatic heterocycles. The van der Waals surface area contributed by atoms with Crippen LogP contribution in [-0.2, 0) is 0 Å². The molecule has 106 valence electrons. The summed E-state index contributed by atoms with van der Waals surface area (Å²) in [6.45, 7) is 5.55. The first-order valence-electron chi connectivity index (χ1n) is 7.11. The van der Waals surface area contributed by atoms with E-state index in [1.807, 2.05) is 42.2 Å². The second kappa shape index (κ2) is 6.37. The van der Waals surface area contributed by atoms with Crippen LogP contribution >= 0.6 is 0 Å². The van der Waals surface area contributed by atoms with Crippen LogP contribution in [0.3, 0.4) is 0 Å². The van der Waals surface area contributed by atoms with Gasteiger partial charge in [-0.3, -0.25) is 4.79 Å². The van der Waals surface area contributed by atoms with Gasteiger partial charge in [0.15, 0.2) is 0 Å². The number of hydrogen-bond donors (Lipinski definition) is 1. The molecular formula is C16H21N3O. The van der Waals surface area contributed by atoms with E-state index in [1.165, 1.54) is 0 Å². The zero-order valence-corrected chi connectivity index (χ0v) is 12.1. The van der Waals surface area contributed by atoms with E-state index in [2.05, 4.69) is 11.9 Å². The minimum absolute atomic E-state index is 0.0431. The largest absolute Gasteiger partial charge is 0.383 e. The number of pyridine rings is 1. The Kier molecular flexibility index (Phi) is 4.56. The van der Waals surface area contributed by atoms with Crippen molar-refractivity contribution in [2.24, 2.45) is 0 Å². The summed E-state index contributed by atoms with van der Waals surface area (Å²) in [6, 6.07) is 9.54. The number of nitrogens with two attached hydrogens (primary N) is 1. The summed E-state index contributed by atoms with van der Waals surface area (Å²) in [4.78, 5) is 18.6. The fraction of sp³-hybridized carbons (Fsp3) is 0.375. The van der Waals surface area contributed by atoms with Crippen molar-refractivity contribution >= 4 is 22.5 Å². The molecule has 2 N–H and O–H groups in total. The number of carbonyl (C=O) groups excluding carboxylic acids is 1. The van der Waals surface area contributed by atoms with Gasteiger partial charge in [0, 0.05) is 18.5 Å². The number of anilines is 1. The zero-order chi connectivity index (χ0) is 14.5. The molecule has 0 aliphatic heterocycles. The summed E-state index contributed by atoms with van der Waals surface area (Å²) in [7, 11) is 0. The van der Waals surface area contributed by atoms with Gasteiger partial charge in [0.25, 0.3) is 5.91 Å². The Hall–Kier alpha value is -2.10. The number of hydrogen-bond acceptors (Lipinski definition) is 3.